The van der Waals surface area contributed by atoms with Gasteiger partial charge in [0.05, 0.1) is 7.11 Å². The van der Waals surface area contributed by atoms with E-state index in [1.807, 2.05) is 13.1 Å². The summed E-state index contributed by atoms with van der Waals surface area (Å²) < 4.78 is 6.34. The highest BCUT2D eigenvalue weighted by Gasteiger charge is 2.21. The normalized spacial score (nSPS) is 20.2. The highest BCUT2D eigenvalue weighted by Crippen LogP contribution is 2.29. The van der Waals surface area contributed by atoms with Gasteiger partial charge in [0.1, 0.15) is 5.75 Å². The van der Waals surface area contributed by atoms with Gasteiger partial charge in [-0.2, -0.15) is 0 Å². The molecule has 1 heterocycles. The zero-order valence-electron chi connectivity index (χ0n) is 9.66. The third kappa shape index (κ3) is 2.50. The zero-order valence-corrected chi connectivity index (χ0v) is 11.3. The minimum Gasteiger partial charge on any atom is -0.497 e. The number of ether oxygens (including phenoxy) is 1. The standard InChI is InChI=1S/C12H17BrN2O/c1-14-10-3-4-15(8-10)11-5-9(13)6-12(7-11)16-2/h5-7,10,14H,3-4,8H2,1-2H3. The quantitative estimate of drug-likeness (QED) is 0.922. The average Bonchev–Trinajstić information content (AvgIpc) is 2.76. The number of anilines is 1. The maximum Gasteiger partial charge on any atom is 0.122 e. The maximum absolute atomic E-state index is 5.28. The van der Waals surface area contributed by atoms with E-state index >= 15 is 0 Å². The van der Waals surface area contributed by atoms with Crippen molar-refractivity contribution in [3.8, 4) is 5.75 Å². The first-order valence-corrected chi connectivity index (χ1v) is 6.29. The summed E-state index contributed by atoms with van der Waals surface area (Å²) in [5.41, 5.74) is 1.23. The largest absolute Gasteiger partial charge is 0.497 e. The lowest BCUT2D eigenvalue weighted by molar-refractivity contribution is 0.414. The number of methoxy groups -OCH3 is 1. The summed E-state index contributed by atoms with van der Waals surface area (Å²) in [7, 11) is 3.72. The molecule has 0 aliphatic carbocycles. The Morgan fingerprint density at radius 3 is 2.88 bits per heavy atom. The molecule has 0 spiro atoms. The van der Waals surface area contributed by atoms with Crippen LogP contribution in [-0.2, 0) is 0 Å². The van der Waals surface area contributed by atoms with Gasteiger partial charge in [0, 0.05) is 35.4 Å². The number of benzene rings is 1. The summed E-state index contributed by atoms with van der Waals surface area (Å²) >= 11 is 3.51. The van der Waals surface area contributed by atoms with Gasteiger partial charge in [0.15, 0.2) is 0 Å². The van der Waals surface area contributed by atoms with E-state index in [2.05, 4.69) is 38.3 Å². The summed E-state index contributed by atoms with van der Waals surface area (Å²) in [4.78, 5) is 2.38. The first kappa shape index (κ1) is 11.7. The SMILES string of the molecule is CNC1CCN(c2cc(Br)cc(OC)c2)C1. The molecule has 1 atom stereocenters. The zero-order chi connectivity index (χ0) is 11.5. The third-order valence-electron chi connectivity index (χ3n) is 3.05. The first-order chi connectivity index (χ1) is 7.72. The second-order valence-corrected chi connectivity index (χ2v) is 4.99. The van der Waals surface area contributed by atoms with Crippen molar-refractivity contribution in [2.45, 2.75) is 12.5 Å². The fraction of sp³-hybridized carbons (Fsp3) is 0.500. The molecule has 1 aliphatic heterocycles. The van der Waals surface area contributed by atoms with Crippen molar-refractivity contribution in [2.75, 3.05) is 32.1 Å². The van der Waals surface area contributed by atoms with E-state index in [0.29, 0.717) is 6.04 Å². The number of rotatable bonds is 3. The van der Waals surface area contributed by atoms with Gasteiger partial charge in [-0.3, -0.25) is 0 Å². The summed E-state index contributed by atoms with van der Waals surface area (Å²) in [5, 5.41) is 3.32. The van der Waals surface area contributed by atoms with Crippen molar-refractivity contribution in [3.05, 3.63) is 22.7 Å². The highest BCUT2D eigenvalue weighted by atomic mass is 79.9. The van der Waals surface area contributed by atoms with Crippen molar-refractivity contribution in [1.82, 2.24) is 5.32 Å². The molecule has 0 saturated carbocycles. The predicted molar refractivity (Wildman–Crippen MR) is 70.4 cm³/mol. The third-order valence-corrected chi connectivity index (χ3v) is 3.51. The van der Waals surface area contributed by atoms with Gasteiger partial charge in [0.25, 0.3) is 0 Å². The second-order valence-electron chi connectivity index (χ2n) is 4.07. The van der Waals surface area contributed by atoms with Crippen LogP contribution in [0.5, 0.6) is 5.75 Å². The Labute approximate surface area is 105 Å². The van der Waals surface area contributed by atoms with Gasteiger partial charge in [-0.05, 0) is 25.6 Å². The fourth-order valence-electron chi connectivity index (χ4n) is 2.08. The van der Waals surface area contributed by atoms with Crippen LogP contribution in [0.15, 0.2) is 22.7 Å². The van der Waals surface area contributed by atoms with Crippen molar-refractivity contribution < 1.29 is 4.74 Å². The van der Waals surface area contributed by atoms with Gasteiger partial charge in [0.2, 0.25) is 0 Å². The van der Waals surface area contributed by atoms with Gasteiger partial charge in [-0.15, -0.1) is 0 Å². The molecular weight excluding hydrogens is 268 g/mol. The van der Waals surface area contributed by atoms with E-state index in [4.69, 9.17) is 4.74 Å². The molecule has 1 fully saturated rings. The van der Waals surface area contributed by atoms with Crippen LogP contribution in [0.3, 0.4) is 0 Å². The van der Waals surface area contributed by atoms with E-state index in [-0.39, 0.29) is 0 Å². The maximum atomic E-state index is 5.28. The Kier molecular flexibility index (Phi) is 3.71. The van der Waals surface area contributed by atoms with E-state index < -0.39 is 0 Å². The number of nitrogens with one attached hydrogen (secondary N) is 1. The number of nitrogens with zero attached hydrogens (tertiary/aromatic N) is 1. The van der Waals surface area contributed by atoms with E-state index in [1.54, 1.807) is 7.11 Å². The van der Waals surface area contributed by atoms with Gasteiger partial charge >= 0.3 is 0 Å². The van der Waals surface area contributed by atoms with Crippen LogP contribution in [0.4, 0.5) is 5.69 Å². The molecule has 1 N–H and O–H groups in total. The Balaban J connectivity index is 2.17. The van der Waals surface area contributed by atoms with Crippen LogP contribution in [0.25, 0.3) is 0 Å². The molecule has 4 heteroatoms. The van der Waals surface area contributed by atoms with Crippen LogP contribution in [-0.4, -0.2) is 33.3 Å². The van der Waals surface area contributed by atoms with Crippen molar-refractivity contribution in [3.63, 3.8) is 0 Å². The number of likely N-dealkylation sites (N-methyl/N-ethyl adjacent to an activating group) is 1. The summed E-state index contributed by atoms with van der Waals surface area (Å²) in [6.45, 7) is 2.17. The lowest BCUT2D eigenvalue weighted by Crippen LogP contribution is -2.29. The molecule has 0 radical (unpaired) electrons. The molecule has 1 aromatic carbocycles. The summed E-state index contributed by atoms with van der Waals surface area (Å²) in [6.07, 6.45) is 1.20. The van der Waals surface area contributed by atoms with E-state index in [1.165, 1.54) is 12.1 Å². The van der Waals surface area contributed by atoms with Crippen molar-refractivity contribution in [1.29, 1.82) is 0 Å². The van der Waals surface area contributed by atoms with Crippen LogP contribution in [0.1, 0.15) is 6.42 Å². The Bertz CT molecular complexity index is 370. The van der Waals surface area contributed by atoms with Gasteiger partial charge < -0.3 is 15.0 Å². The van der Waals surface area contributed by atoms with E-state index in [0.717, 1.165) is 23.3 Å². The number of hydrogen-bond donors (Lipinski definition) is 1. The first-order valence-electron chi connectivity index (χ1n) is 5.49. The molecule has 0 amide bonds. The molecular formula is C12H17BrN2O. The lowest BCUT2D eigenvalue weighted by Gasteiger charge is -2.19. The van der Waals surface area contributed by atoms with Crippen LogP contribution in [0.2, 0.25) is 0 Å². The molecule has 1 saturated heterocycles. The monoisotopic (exact) mass is 284 g/mol. The molecule has 88 valence electrons. The Morgan fingerprint density at radius 1 is 1.44 bits per heavy atom. The van der Waals surface area contributed by atoms with Crippen LogP contribution < -0.4 is 15.0 Å². The van der Waals surface area contributed by atoms with Crippen molar-refractivity contribution >= 4 is 21.6 Å². The molecule has 2 rings (SSSR count). The molecule has 1 aromatic rings. The van der Waals surface area contributed by atoms with Crippen LogP contribution >= 0.6 is 15.9 Å². The molecule has 1 unspecified atom stereocenters. The van der Waals surface area contributed by atoms with Crippen molar-refractivity contribution in [2.24, 2.45) is 0 Å². The number of halogens is 1. The Morgan fingerprint density at radius 2 is 2.25 bits per heavy atom. The molecule has 1 aliphatic rings. The minimum absolute atomic E-state index is 0.602. The van der Waals surface area contributed by atoms with E-state index in [9.17, 15) is 0 Å². The average molecular weight is 285 g/mol. The lowest BCUT2D eigenvalue weighted by atomic mass is 10.2. The molecule has 0 bridgehead atoms. The summed E-state index contributed by atoms with van der Waals surface area (Å²) in [6, 6.07) is 6.81. The fourth-order valence-corrected chi connectivity index (χ4v) is 2.54. The topological polar surface area (TPSA) is 24.5 Å². The van der Waals surface area contributed by atoms with Gasteiger partial charge in [-0.1, -0.05) is 15.9 Å². The molecule has 0 aromatic heterocycles. The molecule has 16 heavy (non-hydrogen) atoms. The highest BCUT2D eigenvalue weighted by molar-refractivity contribution is 9.10. The second kappa shape index (κ2) is 5.06. The molecule has 3 nitrogen and oxygen atoms in total. The summed E-state index contributed by atoms with van der Waals surface area (Å²) in [5.74, 6) is 0.900. The smallest absolute Gasteiger partial charge is 0.122 e. The minimum atomic E-state index is 0.602. The Hall–Kier alpha value is -0.740. The predicted octanol–water partition coefficient (Wildman–Crippen LogP) is 2.26. The van der Waals surface area contributed by atoms with Crippen LogP contribution in [0, 0.1) is 0 Å². The van der Waals surface area contributed by atoms with Gasteiger partial charge in [-0.25, -0.2) is 0 Å². The number of hydrogen-bond acceptors (Lipinski definition) is 3.